The number of halogens is 5. The highest BCUT2D eigenvalue weighted by Gasteiger charge is 2.61. The highest BCUT2D eigenvalue weighted by Crippen LogP contribution is 2.37. The van der Waals surface area contributed by atoms with Crippen LogP contribution in [0.4, 0.5) is 22.0 Å². The molecule has 1 aromatic carbocycles. The lowest BCUT2D eigenvalue weighted by atomic mass is 9.78. The lowest BCUT2D eigenvalue weighted by Gasteiger charge is -2.28. The van der Waals surface area contributed by atoms with Gasteiger partial charge in [-0.2, -0.15) is 22.0 Å². The molecule has 0 aromatic heterocycles. The summed E-state index contributed by atoms with van der Waals surface area (Å²) < 4.78 is 66.0. The van der Waals surface area contributed by atoms with Gasteiger partial charge in [-0.15, -0.1) is 0 Å². The smallest absolute Gasteiger partial charge is 0.426 e. The molecule has 0 amide bonds. The van der Waals surface area contributed by atoms with Crippen LogP contribution >= 0.6 is 0 Å². The maximum absolute atomic E-state index is 12.9. The molecule has 0 aliphatic heterocycles. The number of benzene rings is 1. The topological polar surface area (TPSA) is 9.23 Å². The number of ether oxygens (including phenoxy) is 1. The van der Waals surface area contributed by atoms with Gasteiger partial charge in [0.15, 0.2) is 0 Å². The predicted molar refractivity (Wildman–Crippen MR) is 91.4 cm³/mol. The second-order valence-corrected chi connectivity index (χ2v) is 7.33. The summed E-state index contributed by atoms with van der Waals surface area (Å²) >= 11 is 0. The predicted octanol–water partition coefficient (Wildman–Crippen LogP) is 7.15. The standard InChI is InChI=1S/C20H27F5O/c1-2-3-4-15-5-7-16(8-6-15)9-10-17-11-13-18(14-12-17)26-20(24,25)19(21,22)23/h11-16H,2-10H2,1H3/t15-,16-. The van der Waals surface area contributed by atoms with Crippen molar-refractivity contribution in [3.05, 3.63) is 29.8 Å². The Balaban J connectivity index is 1.76. The van der Waals surface area contributed by atoms with Crippen molar-refractivity contribution in [2.24, 2.45) is 11.8 Å². The fourth-order valence-electron chi connectivity index (χ4n) is 3.60. The first-order valence-electron chi connectivity index (χ1n) is 9.43. The molecule has 1 aliphatic carbocycles. The van der Waals surface area contributed by atoms with Crippen LogP contribution in [0.2, 0.25) is 0 Å². The minimum atomic E-state index is -5.72. The van der Waals surface area contributed by atoms with Crippen LogP contribution in [-0.2, 0) is 6.42 Å². The van der Waals surface area contributed by atoms with E-state index in [1.807, 2.05) is 0 Å². The monoisotopic (exact) mass is 378 g/mol. The van der Waals surface area contributed by atoms with E-state index in [0.717, 1.165) is 24.3 Å². The zero-order valence-electron chi connectivity index (χ0n) is 15.1. The number of aryl methyl sites for hydroxylation is 1. The maximum atomic E-state index is 12.9. The van der Waals surface area contributed by atoms with Crippen molar-refractivity contribution in [3.63, 3.8) is 0 Å². The summed E-state index contributed by atoms with van der Waals surface area (Å²) in [5.41, 5.74) is 0.931. The lowest BCUT2D eigenvalue weighted by Crippen LogP contribution is -2.41. The SMILES string of the molecule is CCCC[C@H]1CC[C@H](CCc2ccc(OC(F)(F)C(F)(F)F)cc2)CC1. The molecule has 26 heavy (non-hydrogen) atoms. The summed E-state index contributed by atoms with van der Waals surface area (Å²) in [7, 11) is 0. The first-order valence-corrected chi connectivity index (χ1v) is 9.43. The first kappa shape index (κ1) is 21.0. The van der Waals surface area contributed by atoms with Crippen LogP contribution in [0.3, 0.4) is 0 Å². The van der Waals surface area contributed by atoms with E-state index in [-0.39, 0.29) is 0 Å². The molecular weight excluding hydrogens is 351 g/mol. The number of hydrogen-bond acceptors (Lipinski definition) is 1. The van der Waals surface area contributed by atoms with Gasteiger partial charge in [-0.25, -0.2) is 0 Å². The number of alkyl halides is 5. The van der Waals surface area contributed by atoms with Gasteiger partial charge < -0.3 is 4.74 Å². The molecular formula is C20H27F5O. The van der Waals surface area contributed by atoms with E-state index in [2.05, 4.69) is 11.7 Å². The molecule has 0 bridgehead atoms. The van der Waals surface area contributed by atoms with Gasteiger partial charge in [-0.3, -0.25) is 0 Å². The zero-order chi connectivity index (χ0) is 19.2. The summed E-state index contributed by atoms with van der Waals surface area (Å²) in [5.74, 6) is 1.06. The van der Waals surface area contributed by atoms with Crippen LogP contribution in [0.15, 0.2) is 24.3 Å². The molecule has 0 radical (unpaired) electrons. The lowest BCUT2D eigenvalue weighted by molar-refractivity contribution is -0.360. The van der Waals surface area contributed by atoms with Gasteiger partial charge in [-0.1, -0.05) is 64.0 Å². The zero-order valence-corrected chi connectivity index (χ0v) is 15.1. The van der Waals surface area contributed by atoms with Gasteiger partial charge in [0, 0.05) is 0 Å². The average Bonchev–Trinajstić information content (AvgIpc) is 2.59. The van der Waals surface area contributed by atoms with E-state index in [1.165, 1.54) is 57.1 Å². The molecule has 0 saturated heterocycles. The molecule has 0 atom stereocenters. The molecule has 1 aromatic rings. The number of rotatable bonds is 8. The third-order valence-electron chi connectivity index (χ3n) is 5.27. The molecule has 0 spiro atoms. The van der Waals surface area contributed by atoms with E-state index < -0.39 is 18.0 Å². The molecule has 0 unspecified atom stereocenters. The molecule has 1 aliphatic rings. The third kappa shape index (κ3) is 6.13. The van der Waals surface area contributed by atoms with Crippen molar-refractivity contribution in [1.29, 1.82) is 0 Å². The fraction of sp³-hybridized carbons (Fsp3) is 0.700. The summed E-state index contributed by atoms with van der Waals surface area (Å²) in [4.78, 5) is 0. The second-order valence-electron chi connectivity index (χ2n) is 7.33. The summed E-state index contributed by atoms with van der Waals surface area (Å²) in [6, 6.07) is 5.48. The maximum Gasteiger partial charge on any atom is 0.499 e. The molecule has 6 heteroatoms. The van der Waals surface area contributed by atoms with Crippen molar-refractivity contribution in [2.75, 3.05) is 0 Å². The van der Waals surface area contributed by atoms with E-state index in [9.17, 15) is 22.0 Å². The first-order chi connectivity index (χ1) is 12.2. The van der Waals surface area contributed by atoms with Gasteiger partial charge in [-0.05, 0) is 42.4 Å². The van der Waals surface area contributed by atoms with E-state index >= 15 is 0 Å². The van der Waals surface area contributed by atoms with Crippen molar-refractivity contribution in [1.82, 2.24) is 0 Å². The van der Waals surface area contributed by atoms with Gasteiger partial charge in [0.1, 0.15) is 5.75 Å². The quantitative estimate of drug-likeness (QED) is 0.437. The Hall–Kier alpha value is -1.33. The average molecular weight is 378 g/mol. The Bertz CT molecular complexity index is 530. The van der Waals surface area contributed by atoms with Crippen molar-refractivity contribution >= 4 is 0 Å². The second kappa shape index (κ2) is 9.05. The van der Waals surface area contributed by atoms with Crippen molar-refractivity contribution in [3.8, 4) is 5.75 Å². The minimum absolute atomic E-state index is 0.479. The third-order valence-corrected chi connectivity index (χ3v) is 5.27. The van der Waals surface area contributed by atoms with Gasteiger partial charge >= 0.3 is 12.3 Å². The molecule has 148 valence electrons. The van der Waals surface area contributed by atoms with Crippen LogP contribution in [0.25, 0.3) is 0 Å². The molecule has 0 heterocycles. The molecule has 1 fully saturated rings. The van der Waals surface area contributed by atoms with E-state index in [0.29, 0.717) is 5.92 Å². The number of hydrogen-bond donors (Lipinski definition) is 0. The summed E-state index contributed by atoms with van der Waals surface area (Å²) in [6.07, 6.45) is -0.167. The Morgan fingerprint density at radius 2 is 1.42 bits per heavy atom. The molecule has 1 nitrogen and oxygen atoms in total. The van der Waals surface area contributed by atoms with Gasteiger partial charge in [0.2, 0.25) is 0 Å². The van der Waals surface area contributed by atoms with Crippen LogP contribution in [0.5, 0.6) is 5.75 Å². The highest BCUT2D eigenvalue weighted by atomic mass is 19.4. The Labute approximate surface area is 151 Å². The summed E-state index contributed by atoms with van der Waals surface area (Å²) in [6.45, 7) is 2.21. The van der Waals surface area contributed by atoms with Crippen LogP contribution in [0.1, 0.15) is 63.9 Å². The Morgan fingerprint density at radius 3 is 1.92 bits per heavy atom. The molecule has 0 N–H and O–H groups in total. The van der Waals surface area contributed by atoms with Crippen LogP contribution in [0, 0.1) is 11.8 Å². The highest BCUT2D eigenvalue weighted by molar-refractivity contribution is 5.27. The summed E-state index contributed by atoms with van der Waals surface area (Å²) in [5, 5.41) is 0. The van der Waals surface area contributed by atoms with Crippen LogP contribution in [-0.4, -0.2) is 12.3 Å². The minimum Gasteiger partial charge on any atom is -0.426 e. The van der Waals surface area contributed by atoms with E-state index in [4.69, 9.17) is 0 Å². The molecule has 1 saturated carbocycles. The fourth-order valence-corrected chi connectivity index (χ4v) is 3.60. The number of unbranched alkanes of at least 4 members (excludes halogenated alkanes) is 1. The largest absolute Gasteiger partial charge is 0.499 e. The van der Waals surface area contributed by atoms with Crippen LogP contribution < -0.4 is 4.74 Å². The van der Waals surface area contributed by atoms with Crippen molar-refractivity contribution < 1.29 is 26.7 Å². The normalized spacial score (nSPS) is 21.6. The van der Waals surface area contributed by atoms with Gasteiger partial charge in [0.25, 0.3) is 0 Å². The molecule has 2 rings (SSSR count). The van der Waals surface area contributed by atoms with Crippen molar-refractivity contribution in [2.45, 2.75) is 77.0 Å². The van der Waals surface area contributed by atoms with Gasteiger partial charge in [0.05, 0.1) is 0 Å². The Kier molecular flexibility index (Phi) is 7.30. The Morgan fingerprint density at radius 1 is 0.885 bits per heavy atom. The van der Waals surface area contributed by atoms with E-state index in [1.54, 1.807) is 12.1 Å².